The quantitative estimate of drug-likeness (QED) is 0.705. The SMILES string of the molecule is Cc1noc(CN2CCC(C(=O)Nc3cccc(-c4nnc(C)s4)c3)CC2)n1. The molecule has 1 amide bonds. The van der Waals surface area contributed by atoms with Crippen LogP contribution in [0.15, 0.2) is 28.8 Å². The number of carbonyl (C=O) groups excluding carboxylic acids is 1. The van der Waals surface area contributed by atoms with Crippen molar-refractivity contribution in [2.24, 2.45) is 5.92 Å². The molecule has 1 fully saturated rings. The van der Waals surface area contributed by atoms with Crippen LogP contribution in [0.3, 0.4) is 0 Å². The molecular weight excluding hydrogens is 376 g/mol. The number of benzene rings is 1. The molecule has 146 valence electrons. The van der Waals surface area contributed by atoms with E-state index in [-0.39, 0.29) is 11.8 Å². The van der Waals surface area contributed by atoms with Crippen LogP contribution in [0.25, 0.3) is 10.6 Å². The van der Waals surface area contributed by atoms with Crippen LogP contribution in [-0.4, -0.2) is 44.2 Å². The van der Waals surface area contributed by atoms with E-state index in [0.29, 0.717) is 18.3 Å². The maximum absolute atomic E-state index is 12.7. The monoisotopic (exact) mass is 398 g/mol. The average Bonchev–Trinajstić information content (AvgIpc) is 3.31. The summed E-state index contributed by atoms with van der Waals surface area (Å²) in [6, 6.07) is 7.76. The first-order valence-corrected chi connectivity index (χ1v) is 10.1. The van der Waals surface area contributed by atoms with Gasteiger partial charge in [-0.1, -0.05) is 28.6 Å². The average molecular weight is 398 g/mol. The molecule has 3 aromatic rings. The van der Waals surface area contributed by atoms with Gasteiger partial charge in [0.1, 0.15) is 10.0 Å². The van der Waals surface area contributed by atoms with Gasteiger partial charge in [-0.25, -0.2) is 0 Å². The lowest BCUT2D eigenvalue weighted by molar-refractivity contribution is -0.121. The lowest BCUT2D eigenvalue weighted by atomic mass is 9.95. The van der Waals surface area contributed by atoms with E-state index < -0.39 is 0 Å². The van der Waals surface area contributed by atoms with Crippen molar-refractivity contribution >= 4 is 22.9 Å². The summed E-state index contributed by atoms with van der Waals surface area (Å²) >= 11 is 1.54. The first-order valence-electron chi connectivity index (χ1n) is 9.30. The second-order valence-electron chi connectivity index (χ2n) is 6.98. The van der Waals surface area contributed by atoms with Gasteiger partial charge in [-0.3, -0.25) is 9.69 Å². The molecule has 0 atom stereocenters. The number of aryl methyl sites for hydroxylation is 2. The zero-order valence-electron chi connectivity index (χ0n) is 15.9. The van der Waals surface area contributed by atoms with E-state index in [9.17, 15) is 4.79 Å². The van der Waals surface area contributed by atoms with Crippen LogP contribution in [0.2, 0.25) is 0 Å². The van der Waals surface area contributed by atoms with E-state index in [4.69, 9.17) is 4.52 Å². The molecule has 1 aromatic carbocycles. The Kier molecular flexibility index (Phi) is 5.45. The third-order valence-corrected chi connectivity index (χ3v) is 5.68. The van der Waals surface area contributed by atoms with Gasteiger partial charge in [0.25, 0.3) is 0 Å². The van der Waals surface area contributed by atoms with Crippen molar-refractivity contribution in [1.82, 2.24) is 25.2 Å². The van der Waals surface area contributed by atoms with Crippen molar-refractivity contribution in [1.29, 1.82) is 0 Å². The highest BCUT2D eigenvalue weighted by Gasteiger charge is 2.26. The van der Waals surface area contributed by atoms with Crippen molar-refractivity contribution in [3.8, 4) is 10.6 Å². The minimum Gasteiger partial charge on any atom is -0.338 e. The number of aromatic nitrogens is 4. The first-order chi connectivity index (χ1) is 13.6. The third-order valence-electron chi connectivity index (χ3n) is 4.79. The summed E-state index contributed by atoms with van der Waals surface area (Å²) in [6.45, 7) is 6.05. The molecule has 4 rings (SSSR count). The van der Waals surface area contributed by atoms with E-state index in [1.54, 1.807) is 11.3 Å². The number of nitrogens with zero attached hydrogens (tertiary/aromatic N) is 5. The van der Waals surface area contributed by atoms with Crippen LogP contribution < -0.4 is 5.32 Å². The number of piperidine rings is 1. The predicted molar refractivity (Wildman–Crippen MR) is 106 cm³/mol. The molecule has 8 nitrogen and oxygen atoms in total. The van der Waals surface area contributed by atoms with E-state index in [1.807, 2.05) is 38.1 Å². The minimum absolute atomic E-state index is 0.00750. The van der Waals surface area contributed by atoms with E-state index in [2.05, 4.69) is 30.6 Å². The predicted octanol–water partition coefficient (Wildman–Crippen LogP) is 3.06. The van der Waals surface area contributed by atoms with Crippen molar-refractivity contribution in [3.63, 3.8) is 0 Å². The molecule has 1 aliphatic heterocycles. The van der Waals surface area contributed by atoms with Gasteiger partial charge in [-0.05, 0) is 51.9 Å². The number of carbonyl (C=O) groups is 1. The first kappa shape index (κ1) is 18.7. The molecule has 0 aliphatic carbocycles. The van der Waals surface area contributed by atoms with Gasteiger partial charge >= 0.3 is 0 Å². The van der Waals surface area contributed by atoms with Crippen LogP contribution in [0.1, 0.15) is 29.6 Å². The Hall–Kier alpha value is -2.65. The Labute approximate surface area is 167 Å². The Morgan fingerprint density at radius 2 is 2.11 bits per heavy atom. The van der Waals surface area contributed by atoms with Crippen molar-refractivity contribution in [2.75, 3.05) is 18.4 Å². The lowest BCUT2D eigenvalue weighted by Crippen LogP contribution is -2.37. The maximum Gasteiger partial charge on any atom is 0.240 e. The van der Waals surface area contributed by atoms with E-state index >= 15 is 0 Å². The highest BCUT2D eigenvalue weighted by molar-refractivity contribution is 7.14. The molecule has 0 saturated carbocycles. The molecule has 0 radical (unpaired) electrons. The summed E-state index contributed by atoms with van der Waals surface area (Å²) in [5, 5.41) is 16.9. The highest BCUT2D eigenvalue weighted by atomic mass is 32.1. The normalized spacial score (nSPS) is 15.6. The summed E-state index contributed by atoms with van der Waals surface area (Å²) < 4.78 is 5.18. The van der Waals surface area contributed by atoms with Crippen LogP contribution in [0.5, 0.6) is 0 Å². The van der Waals surface area contributed by atoms with Crippen LogP contribution in [0, 0.1) is 19.8 Å². The number of anilines is 1. The molecule has 9 heteroatoms. The fourth-order valence-electron chi connectivity index (χ4n) is 3.34. The van der Waals surface area contributed by atoms with Gasteiger partial charge in [-0.2, -0.15) is 4.98 Å². The summed E-state index contributed by atoms with van der Waals surface area (Å²) in [7, 11) is 0. The number of hydrogen-bond donors (Lipinski definition) is 1. The van der Waals surface area contributed by atoms with Gasteiger partial charge in [0, 0.05) is 17.2 Å². The Morgan fingerprint density at radius 1 is 1.29 bits per heavy atom. The molecule has 0 spiro atoms. The second kappa shape index (κ2) is 8.15. The number of nitrogens with one attached hydrogen (secondary N) is 1. The van der Waals surface area contributed by atoms with E-state index in [0.717, 1.165) is 47.2 Å². The lowest BCUT2D eigenvalue weighted by Gasteiger charge is -2.30. The van der Waals surface area contributed by atoms with Gasteiger partial charge in [0.15, 0.2) is 5.82 Å². The number of rotatable bonds is 5. The molecule has 0 unspecified atom stereocenters. The number of amides is 1. The van der Waals surface area contributed by atoms with E-state index in [1.165, 1.54) is 0 Å². The zero-order valence-corrected chi connectivity index (χ0v) is 16.7. The highest BCUT2D eigenvalue weighted by Crippen LogP contribution is 2.26. The molecule has 3 heterocycles. The standard InChI is InChI=1S/C19H22N6O2S/c1-12-20-17(27-24-12)11-25-8-6-14(7-9-25)18(26)21-16-5-3-4-15(10-16)19-23-22-13(2)28-19/h3-5,10,14H,6-9,11H2,1-2H3,(H,21,26). The van der Waals surface area contributed by atoms with Gasteiger partial charge in [-0.15, -0.1) is 10.2 Å². The molecule has 0 bridgehead atoms. The van der Waals surface area contributed by atoms with Gasteiger partial charge in [0.2, 0.25) is 11.8 Å². The molecule has 1 N–H and O–H groups in total. The topological polar surface area (TPSA) is 97.0 Å². The largest absolute Gasteiger partial charge is 0.338 e. The Bertz CT molecular complexity index is 961. The molecule has 1 aliphatic rings. The molecule has 28 heavy (non-hydrogen) atoms. The van der Waals surface area contributed by atoms with Crippen molar-refractivity contribution in [3.05, 3.63) is 41.0 Å². The minimum atomic E-state index is 0.00750. The maximum atomic E-state index is 12.7. The summed E-state index contributed by atoms with van der Waals surface area (Å²) in [5.74, 6) is 1.35. The van der Waals surface area contributed by atoms with Gasteiger partial charge < -0.3 is 9.84 Å². The third kappa shape index (κ3) is 4.42. The van der Waals surface area contributed by atoms with Gasteiger partial charge in [0.05, 0.1) is 6.54 Å². The smallest absolute Gasteiger partial charge is 0.240 e. The number of likely N-dealkylation sites (tertiary alicyclic amines) is 1. The zero-order chi connectivity index (χ0) is 19.5. The van der Waals surface area contributed by atoms with Crippen LogP contribution in [-0.2, 0) is 11.3 Å². The molecule has 1 saturated heterocycles. The van der Waals surface area contributed by atoms with Crippen molar-refractivity contribution < 1.29 is 9.32 Å². The Balaban J connectivity index is 1.32. The van der Waals surface area contributed by atoms with Crippen LogP contribution >= 0.6 is 11.3 Å². The number of hydrogen-bond acceptors (Lipinski definition) is 8. The Morgan fingerprint density at radius 3 is 2.79 bits per heavy atom. The molecule has 2 aromatic heterocycles. The summed E-state index contributed by atoms with van der Waals surface area (Å²) in [4.78, 5) is 19.2. The van der Waals surface area contributed by atoms with Crippen molar-refractivity contribution in [2.45, 2.75) is 33.2 Å². The summed E-state index contributed by atoms with van der Waals surface area (Å²) in [6.07, 6.45) is 1.63. The fraction of sp³-hybridized carbons (Fsp3) is 0.421. The fourth-order valence-corrected chi connectivity index (χ4v) is 4.02. The summed E-state index contributed by atoms with van der Waals surface area (Å²) in [5.41, 5.74) is 1.76. The molecular formula is C19H22N6O2S. The van der Waals surface area contributed by atoms with Crippen LogP contribution in [0.4, 0.5) is 5.69 Å². The second-order valence-corrected chi connectivity index (χ2v) is 8.16.